The lowest BCUT2D eigenvalue weighted by atomic mass is 10.2. The van der Waals surface area contributed by atoms with Gasteiger partial charge in [0.25, 0.3) is 0 Å². The van der Waals surface area contributed by atoms with E-state index in [1.165, 1.54) is 12.1 Å². The molecule has 0 saturated heterocycles. The van der Waals surface area contributed by atoms with E-state index in [0.717, 1.165) is 29.5 Å². The van der Waals surface area contributed by atoms with Gasteiger partial charge in [0.15, 0.2) is 11.5 Å². The van der Waals surface area contributed by atoms with Crippen LogP contribution in [0.4, 0.5) is 4.39 Å². The van der Waals surface area contributed by atoms with Gasteiger partial charge in [-0.3, -0.25) is 0 Å². The van der Waals surface area contributed by atoms with Gasteiger partial charge in [-0.25, -0.2) is 4.39 Å². The van der Waals surface area contributed by atoms with Gasteiger partial charge in [-0.15, -0.1) is 0 Å². The van der Waals surface area contributed by atoms with Crippen molar-refractivity contribution in [2.75, 3.05) is 32.8 Å². The minimum Gasteiger partial charge on any atom is -0.490 e. The van der Waals surface area contributed by atoms with Crippen LogP contribution in [-0.2, 0) is 13.2 Å². The predicted octanol–water partition coefficient (Wildman–Crippen LogP) is 4.28. The molecule has 0 heterocycles. The van der Waals surface area contributed by atoms with Crippen LogP contribution in [0.1, 0.15) is 24.5 Å². The number of aliphatic hydroxyl groups excluding tert-OH is 1. The zero-order valence-corrected chi connectivity index (χ0v) is 18.8. The Morgan fingerprint density at radius 1 is 1.03 bits per heavy atom. The molecule has 0 fully saturated rings. The van der Waals surface area contributed by atoms with Crippen molar-refractivity contribution < 1.29 is 19.0 Å². The highest BCUT2D eigenvalue weighted by atomic mass is 79.9. The highest BCUT2D eigenvalue weighted by Gasteiger charge is 2.12. The summed E-state index contributed by atoms with van der Waals surface area (Å²) in [6, 6.07) is 8.07. The maximum atomic E-state index is 13.2. The second-order valence-electron chi connectivity index (χ2n) is 6.35. The lowest BCUT2D eigenvalue weighted by Gasteiger charge is -2.16. The van der Waals surface area contributed by atoms with Gasteiger partial charge < -0.3 is 25.2 Å². The molecule has 0 aliphatic rings. The molecule has 0 aromatic heterocycles. The molecule has 0 spiro atoms. The van der Waals surface area contributed by atoms with Crippen LogP contribution < -0.4 is 20.1 Å². The lowest BCUT2D eigenvalue weighted by molar-refractivity contribution is 0.268. The molecule has 0 saturated carbocycles. The van der Waals surface area contributed by atoms with Crippen LogP contribution in [0.5, 0.6) is 11.5 Å². The molecule has 5 nitrogen and oxygen atoms in total. The van der Waals surface area contributed by atoms with Crippen molar-refractivity contribution in [3.63, 3.8) is 0 Å². The molecule has 0 unspecified atom stereocenters. The Bertz CT molecular complexity index is 780. The number of aliphatic hydroxyl groups is 1. The standard InChI is InChI=1S/C21H27BrClFN2O3/c1-2-28-20-10-16(13-26-7-3-6-25-8-9-27)18(22)12-21(20)29-14-15-4-5-17(24)11-19(15)23/h4-5,10-12,25-27H,2-3,6-9,13-14H2,1H3. The first-order valence-electron chi connectivity index (χ1n) is 9.59. The van der Waals surface area contributed by atoms with Gasteiger partial charge in [0.05, 0.1) is 18.2 Å². The van der Waals surface area contributed by atoms with Gasteiger partial charge in [-0.05, 0) is 56.3 Å². The summed E-state index contributed by atoms with van der Waals surface area (Å²) in [5.74, 6) is 0.865. The van der Waals surface area contributed by atoms with Gasteiger partial charge in [0, 0.05) is 23.1 Å². The third-order valence-corrected chi connectivity index (χ3v) is 5.21. The summed E-state index contributed by atoms with van der Waals surface area (Å²) < 4.78 is 25.8. The predicted molar refractivity (Wildman–Crippen MR) is 117 cm³/mol. The van der Waals surface area contributed by atoms with Crippen LogP contribution in [0.2, 0.25) is 5.02 Å². The first-order chi connectivity index (χ1) is 14.0. The first kappa shape index (κ1) is 23.9. The van der Waals surface area contributed by atoms with E-state index in [2.05, 4.69) is 26.6 Å². The number of benzene rings is 2. The number of nitrogens with one attached hydrogen (secondary N) is 2. The molecule has 0 aliphatic heterocycles. The van der Waals surface area contributed by atoms with Crippen LogP contribution in [-0.4, -0.2) is 38.0 Å². The second-order valence-corrected chi connectivity index (χ2v) is 7.61. The molecule has 8 heteroatoms. The Hall–Kier alpha value is -1.38. The molecule has 0 bridgehead atoms. The van der Waals surface area contributed by atoms with E-state index in [0.29, 0.717) is 41.8 Å². The molecule has 0 aliphatic carbocycles. The van der Waals surface area contributed by atoms with Crippen molar-refractivity contribution in [1.82, 2.24) is 10.6 Å². The Kier molecular flexibility index (Phi) is 10.7. The average molecular weight is 490 g/mol. The third kappa shape index (κ3) is 8.10. The maximum Gasteiger partial charge on any atom is 0.162 e. The van der Waals surface area contributed by atoms with Crippen LogP contribution >= 0.6 is 27.5 Å². The Balaban J connectivity index is 1.97. The highest BCUT2D eigenvalue weighted by Crippen LogP contribution is 2.35. The van der Waals surface area contributed by atoms with Gasteiger partial charge in [0.1, 0.15) is 12.4 Å². The fraction of sp³-hybridized carbons (Fsp3) is 0.429. The summed E-state index contributed by atoms with van der Waals surface area (Å²) in [7, 11) is 0. The second kappa shape index (κ2) is 13.0. The number of rotatable bonds is 13. The van der Waals surface area contributed by atoms with E-state index in [1.807, 2.05) is 19.1 Å². The average Bonchev–Trinajstić information content (AvgIpc) is 2.69. The summed E-state index contributed by atoms with van der Waals surface area (Å²) in [6.07, 6.45) is 0.968. The molecule has 0 amide bonds. The van der Waals surface area contributed by atoms with E-state index < -0.39 is 0 Å². The minimum atomic E-state index is -0.377. The summed E-state index contributed by atoms with van der Waals surface area (Å²) >= 11 is 9.67. The maximum absolute atomic E-state index is 13.2. The number of ether oxygens (including phenoxy) is 2. The summed E-state index contributed by atoms with van der Waals surface area (Å²) in [6.45, 7) is 5.82. The van der Waals surface area contributed by atoms with Crippen molar-refractivity contribution >= 4 is 27.5 Å². The minimum absolute atomic E-state index is 0.155. The third-order valence-electron chi connectivity index (χ3n) is 4.12. The zero-order valence-electron chi connectivity index (χ0n) is 16.4. The van der Waals surface area contributed by atoms with Crippen LogP contribution in [0.3, 0.4) is 0 Å². The number of hydrogen-bond donors (Lipinski definition) is 3. The summed E-state index contributed by atoms with van der Waals surface area (Å²) in [5.41, 5.74) is 1.76. The molecule has 160 valence electrons. The first-order valence-corrected chi connectivity index (χ1v) is 10.8. The van der Waals surface area contributed by atoms with Gasteiger partial charge in [-0.1, -0.05) is 33.6 Å². The highest BCUT2D eigenvalue weighted by molar-refractivity contribution is 9.10. The lowest BCUT2D eigenvalue weighted by Crippen LogP contribution is -2.24. The van der Waals surface area contributed by atoms with E-state index in [4.69, 9.17) is 26.2 Å². The Labute approximate surface area is 184 Å². The molecule has 2 aromatic rings. The molecule has 29 heavy (non-hydrogen) atoms. The van der Waals surface area contributed by atoms with Crippen LogP contribution in [0.15, 0.2) is 34.8 Å². The quantitative estimate of drug-likeness (QED) is 0.367. The fourth-order valence-electron chi connectivity index (χ4n) is 2.65. The van der Waals surface area contributed by atoms with Crippen LogP contribution in [0.25, 0.3) is 0 Å². The normalized spacial score (nSPS) is 10.9. The summed E-state index contributed by atoms with van der Waals surface area (Å²) in [4.78, 5) is 0. The monoisotopic (exact) mass is 488 g/mol. The van der Waals surface area contributed by atoms with E-state index in [-0.39, 0.29) is 19.0 Å². The molecule has 0 atom stereocenters. The van der Waals surface area contributed by atoms with Crippen molar-refractivity contribution in [3.05, 3.63) is 56.8 Å². The van der Waals surface area contributed by atoms with Crippen molar-refractivity contribution in [2.24, 2.45) is 0 Å². The zero-order chi connectivity index (χ0) is 21.1. The van der Waals surface area contributed by atoms with Crippen molar-refractivity contribution in [1.29, 1.82) is 0 Å². The SMILES string of the molecule is CCOc1cc(CNCCCNCCO)c(Br)cc1OCc1ccc(F)cc1Cl. The molecular weight excluding hydrogens is 463 g/mol. The molecule has 3 N–H and O–H groups in total. The van der Waals surface area contributed by atoms with Gasteiger partial charge in [-0.2, -0.15) is 0 Å². The van der Waals surface area contributed by atoms with Crippen molar-refractivity contribution in [3.8, 4) is 11.5 Å². The van der Waals surface area contributed by atoms with Gasteiger partial charge >= 0.3 is 0 Å². The van der Waals surface area contributed by atoms with Crippen LogP contribution in [0, 0.1) is 5.82 Å². The topological polar surface area (TPSA) is 62.8 Å². The molecular formula is C21H27BrClFN2O3. The van der Waals surface area contributed by atoms with E-state index in [9.17, 15) is 4.39 Å². The molecule has 2 rings (SSSR count). The Morgan fingerprint density at radius 2 is 1.79 bits per heavy atom. The van der Waals surface area contributed by atoms with Gasteiger partial charge in [0.2, 0.25) is 0 Å². The number of halogens is 3. The smallest absolute Gasteiger partial charge is 0.162 e. The van der Waals surface area contributed by atoms with Crippen molar-refractivity contribution in [2.45, 2.75) is 26.5 Å². The van der Waals surface area contributed by atoms with E-state index in [1.54, 1.807) is 6.07 Å². The van der Waals surface area contributed by atoms with E-state index >= 15 is 0 Å². The number of hydrogen-bond acceptors (Lipinski definition) is 5. The largest absolute Gasteiger partial charge is 0.490 e. The molecule has 0 radical (unpaired) electrons. The summed E-state index contributed by atoms with van der Waals surface area (Å²) in [5, 5.41) is 15.6. The fourth-order valence-corrected chi connectivity index (χ4v) is 3.34. The molecule has 2 aromatic carbocycles. The Morgan fingerprint density at radius 3 is 2.52 bits per heavy atom.